The predicted octanol–water partition coefficient (Wildman–Crippen LogP) is 12.5. The van der Waals surface area contributed by atoms with E-state index in [1.807, 2.05) is 104 Å². The van der Waals surface area contributed by atoms with Gasteiger partial charge in [0.2, 0.25) is 17.7 Å². The van der Waals surface area contributed by atoms with Crippen LogP contribution in [0.2, 0.25) is 0 Å². The Morgan fingerprint density at radius 2 is 1.02 bits per heavy atom. The SMILES string of the molecule is C.CCn1cnc(-c2ccc(C3=CCCCC3)cc2)n1.CCn1cnc(-c2ccc(C3=CCN(C(=O)CN4CC[C@@](OC)(C(=O)Nc5ccc(C)c(C(=N)c6ccc(OC(C)C)nc6)c5)C4)CC3)cc2)n1.CO[C@@]1(C(=O)Nc2ccc(C)c(C(=N)c3ccc(OC(C)C)nc3)c2)CCN(CC(=O)O)C1. The molecular weight excluding hydrogens is 1310 g/mol. The van der Waals surface area contributed by atoms with Gasteiger partial charge in [-0.05, 0) is 170 Å². The lowest BCUT2D eigenvalue weighted by atomic mass is 9.93. The van der Waals surface area contributed by atoms with E-state index in [1.54, 1.807) is 73.5 Å². The first-order valence-corrected chi connectivity index (χ1v) is 35.3. The van der Waals surface area contributed by atoms with Crippen molar-refractivity contribution in [3.05, 3.63) is 191 Å². The third-order valence-corrected chi connectivity index (χ3v) is 18.8. The second-order valence-corrected chi connectivity index (χ2v) is 26.8. The van der Waals surface area contributed by atoms with E-state index in [-0.39, 0.29) is 62.7 Å². The third kappa shape index (κ3) is 19.7. The molecule has 548 valence electrons. The summed E-state index contributed by atoms with van der Waals surface area (Å²) in [6.45, 7) is 20.1. The molecule has 4 aromatic carbocycles. The molecule has 0 spiro atoms. The third-order valence-electron chi connectivity index (χ3n) is 18.8. The van der Waals surface area contributed by atoms with Crippen LogP contribution in [0, 0.1) is 24.7 Å². The molecule has 0 unspecified atom stereocenters. The largest absolute Gasteiger partial charge is 0.480 e. The van der Waals surface area contributed by atoms with E-state index in [0.717, 1.165) is 53.2 Å². The monoisotopic (exact) mass is 1410 g/mol. The summed E-state index contributed by atoms with van der Waals surface area (Å²) in [6, 6.07) is 34.9. The van der Waals surface area contributed by atoms with Crippen molar-refractivity contribution in [2.24, 2.45) is 0 Å². The summed E-state index contributed by atoms with van der Waals surface area (Å²) in [5.41, 5.74) is 11.1. The molecule has 0 bridgehead atoms. The molecule has 4 aromatic heterocycles. The second-order valence-electron chi connectivity index (χ2n) is 26.8. The highest BCUT2D eigenvalue weighted by molar-refractivity contribution is 6.13. The number of allylic oxidation sites excluding steroid dienone is 2. The smallest absolute Gasteiger partial charge is 0.317 e. The number of likely N-dealkylation sites (tertiary alicyclic amines) is 2. The van der Waals surface area contributed by atoms with E-state index >= 15 is 0 Å². The Morgan fingerprint density at radius 1 is 0.567 bits per heavy atom. The highest BCUT2D eigenvalue weighted by Crippen LogP contribution is 2.33. The number of hydrogen-bond acceptors (Lipinski definition) is 18. The fraction of sp³-hybridized carbons (Fsp3) is 0.400. The number of nitrogens with zero attached hydrogens (tertiary/aromatic N) is 11. The Morgan fingerprint density at radius 3 is 1.39 bits per heavy atom. The lowest BCUT2D eigenvalue weighted by Gasteiger charge is -2.30. The number of benzene rings is 4. The number of rotatable bonds is 24. The van der Waals surface area contributed by atoms with E-state index in [9.17, 15) is 19.2 Å². The normalized spacial score (nSPS) is 17.3. The summed E-state index contributed by atoms with van der Waals surface area (Å²) in [6.07, 6.45) is 18.0. The highest BCUT2D eigenvalue weighted by atomic mass is 16.5. The van der Waals surface area contributed by atoms with Crippen LogP contribution in [0.15, 0.2) is 146 Å². The van der Waals surface area contributed by atoms with E-state index in [1.165, 1.54) is 49.5 Å². The van der Waals surface area contributed by atoms with Gasteiger partial charge in [0.05, 0.1) is 36.7 Å². The zero-order valence-corrected chi connectivity index (χ0v) is 60.7. The minimum Gasteiger partial charge on any atom is -0.480 e. The molecule has 4 aliphatic rings. The number of anilines is 2. The van der Waals surface area contributed by atoms with E-state index < -0.39 is 17.2 Å². The first-order valence-electron chi connectivity index (χ1n) is 35.3. The van der Waals surface area contributed by atoms with Crippen LogP contribution in [-0.4, -0.2) is 184 Å². The van der Waals surface area contributed by atoms with Crippen molar-refractivity contribution < 1.29 is 43.2 Å². The van der Waals surface area contributed by atoms with E-state index in [2.05, 4.69) is 96.2 Å². The zero-order chi connectivity index (χ0) is 73.4. The van der Waals surface area contributed by atoms with Crippen molar-refractivity contribution in [1.29, 1.82) is 10.8 Å². The van der Waals surface area contributed by atoms with E-state index in [0.29, 0.717) is 102 Å². The van der Waals surface area contributed by atoms with Crippen LogP contribution in [0.5, 0.6) is 11.8 Å². The van der Waals surface area contributed by atoms with E-state index in [4.69, 9.17) is 34.9 Å². The molecule has 12 rings (SSSR count). The van der Waals surface area contributed by atoms with Gasteiger partial charge in [-0.2, -0.15) is 10.2 Å². The molecular formula is C80H99N15O9. The average Bonchev–Trinajstić information content (AvgIpc) is 1.66. The number of methoxy groups -OCH3 is 2. The van der Waals surface area contributed by atoms with Crippen LogP contribution in [-0.2, 0) is 41.7 Å². The summed E-state index contributed by atoms with van der Waals surface area (Å²) >= 11 is 0. The van der Waals surface area contributed by atoms with Gasteiger partial charge in [0.1, 0.15) is 12.7 Å². The molecule has 24 nitrogen and oxygen atoms in total. The number of ether oxygens (including phenoxy) is 4. The zero-order valence-electron chi connectivity index (χ0n) is 60.7. The van der Waals surface area contributed by atoms with Crippen LogP contribution in [0.4, 0.5) is 11.4 Å². The van der Waals surface area contributed by atoms with Gasteiger partial charge in [-0.1, -0.05) is 80.2 Å². The maximum Gasteiger partial charge on any atom is 0.317 e. The first kappa shape index (κ1) is 77.8. The number of carboxylic acids is 1. The van der Waals surface area contributed by atoms with Crippen LogP contribution >= 0.6 is 0 Å². The standard InChI is InChI=1S/C39H46N8O4.C24H30N4O5.C16H19N3.CH4/c1-6-47-25-42-37(44-47)30-10-8-28(9-11-30)29-15-18-46(19-16-29)35(48)23-45-20-17-39(24-45,50-5)38(49)43-32-13-7-27(4)33(21-32)36(40)31-12-14-34(41-22-31)51-26(2)3;1-15(2)33-20-8-6-17(12-26-20)22(25)19-11-18(7-5-16(19)3)27-23(31)24(32-4)9-10-28(14-24)13-21(29)30;1-2-19-12-17-16(18-19)15-10-8-14(9-11-15)13-6-4-3-5-7-13;/h7-15,21-22,25-26,40H,6,16-20,23-24H2,1-5H3,(H,43,49);5-8,11-12,15,25H,9-10,13-14H2,1-4H3,(H,27,31)(H,29,30);6,8-12H,2-5,7H2,1H3;1H4/t39-;24-;;/m00../s1. The number of nitrogens with one attached hydrogen (secondary N) is 4. The van der Waals surface area contributed by atoms with Crippen LogP contribution in [0.1, 0.15) is 138 Å². The van der Waals surface area contributed by atoms with Gasteiger partial charge in [-0.3, -0.25) is 49.2 Å². The molecule has 2 fully saturated rings. The van der Waals surface area contributed by atoms with Gasteiger partial charge < -0.3 is 39.6 Å². The minimum absolute atomic E-state index is 0. The van der Waals surface area contributed by atoms with Gasteiger partial charge >= 0.3 is 5.97 Å². The highest BCUT2D eigenvalue weighted by Gasteiger charge is 2.47. The Hall–Kier alpha value is -10.4. The van der Waals surface area contributed by atoms with Crippen molar-refractivity contribution in [3.63, 3.8) is 0 Å². The molecule has 0 saturated carbocycles. The number of aryl methyl sites for hydroxylation is 4. The molecule has 3 amide bonds. The number of carbonyl (C=O) groups excluding carboxylic acids is 3. The first-order chi connectivity index (χ1) is 49.6. The molecule has 104 heavy (non-hydrogen) atoms. The second kappa shape index (κ2) is 35.7. The van der Waals surface area contributed by atoms with Gasteiger partial charge in [-0.25, -0.2) is 19.9 Å². The lowest BCUT2D eigenvalue weighted by Crippen LogP contribution is -2.48. The van der Waals surface area contributed by atoms with Crippen molar-refractivity contribution in [3.8, 4) is 34.5 Å². The van der Waals surface area contributed by atoms with Gasteiger partial charge in [-0.15, -0.1) is 0 Å². The number of pyridine rings is 2. The predicted molar refractivity (Wildman–Crippen MR) is 405 cm³/mol. The number of hydrogen-bond donors (Lipinski definition) is 5. The molecule has 8 aromatic rings. The van der Waals surface area contributed by atoms with Crippen LogP contribution in [0.3, 0.4) is 0 Å². The summed E-state index contributed by atoms with van der Waals surface area (Å²) < 4.78 is 26.3. The molecule has 2 saturated heterocycles. The lowest BCUT2D eigenvalue weighted by molar-refractivity contribution is -0.140. The van der Waals surface area contributed by atoms with Gasteiger partial charge in [0.15, 0.2) is 22.9 Å². The Labute approximate surface area is 610 Å². The van der Waals surface area contributed by atoms with Crippen LogP contribution in [0.25, 0.3) is 33.9 Å². The summed E-state index contributed by atoms with van der Waals surface area (Å²) in [5, 5.41) is 41.4. The topological polar surface area (TPSA) is 294 Å². The summed E-state index contributed by atoms with van der Waals surface area (Å²) in [4.78, 5) is 74.0. The summed E-state index contributed by atoms with van der Waals surface area (Å²) in [5.74, 6) is 1.01. The molecule has 24 heteroatoms. The summed E-state index contributed by atoms with van der Waals surface area (Å²) in [7, 11) is 3.00. The maximum atomic E-state index is 13.7. The number of aliphatic carboxylic acids is 1. The Bertz CT molecular complexity index is 4360. The van der Waals surface area contributed by atoms with Crippen molar-refractivity contribution in [2.75, 3.05) is 77.2 Å². The molecule has 2 atom stereocenters. The molecule has 0 radical (unpaired) electrons. The van der Waals surface area contributed by atoms with Gasteiger partial charge in [0, 0.05) is 136 Å². The average molecular weight is 1410 g/mol. The molecule has 1 aliphatic carbocycles. The molecule has 7 heterocycles. The molecule has 5 N–H and O–H groups in total. The maximum absolute atomic E-state index is 13.7. The van der Waals surface area contributed by atoms with Crippen molar-refractivity contribution in [1.82, 2.24) is 54.2 Å². The fourth-order valence-electron chi connectivity index (χ4n) is 12.9. The fourth-order valence-corrected chi connectivity index (χ4v) is 12.9. The quantitative estimate of drug-likeness (QED) is 0.0351. The number of carboxylic acid groups (broad SMARTS) is 1. The Balaban J connectivity index is 0.000000201. The number of carbonyl (C=O) groups is 4. The van der Waals surface area contributed by atoms with Gasteiger partial charge in [0.25, 0.3) is 11.8 Å². The van der Waals surface area contributed by atoms with Crippen LogP contribution < -0.4 is 20.1 Å². The molecule has 3 aliphatic heterocycles. The minimum atomic E-state index is -1.12. The van der Waals surface area contributed by atoms with Crippen molar-refractivity contribution >= 4 is 57.6 Å². The number of aromatic nitrogens is 8. The van der Waals surface area contributed by atoms with Crippen molar-refractivity contribution in [2.45, 2.75) is 144 Å². The number of amides is 3. The Kier molecular flexibility index (Phi) is 26.7.